The first-order chi connectivity index (χ1) is 8.95. The number of nitrogens with zero attached hydrogens (tertiary/aromatic N) is 1. The molecule has 7 heteroatoms. The van der Waals surface area contributed by atoms with Gasteiger partial charge in [0.2, 0.25) is 9.84 Å². The molecule has 0 aliphatic heterocycles. The van der Waals surface area contributed by atoms with E-state index in [2.05, 4.69) is 15.9 Å². The number of sulfone groups is 1. The van der Waals surface area contributed by atoms with Crippen LogP contribution < -0.4 is 4.90 Å². The van der Waals surface area contributed by atoms with Crippen LogP contribution in [0.15, 0.2) is 29.2 Å². The van der Waals surface area contributed by atoms with Crippen LogP contribution in [0.3, 0.4) is 0 Å². The van der Waals surface area contributed by atoms with Crippen molar-refractivity contribution in [3.05, 3.63) is 24.3 Å². The van der Waals surface area contributed by atoms with Crippen LogP contribution >= 0.6 is 15.9 Å². The van der Waals surface area contributed by atoms with Crippen LogP contribution in [-0.4, -0.2) is 32.6 Å². The van der Waals surface area contributed by atoms with Crippen molar-refractivity contribution in [3.8, 4) is 0 Å². The van der Waals surface area contributed by atoms with E-state index in [9.17, 15) is 17.2 Å². The van der Waals surface area contributed by atoms with Crippen LogP contribution in [-0.2, 0) is 9.84 Å². The molecule has 0 saturated heterocycles. The maximum Gasteiger partial charge on any atom is 0.341 e. The summed E-state index contributed by atoms with van der Waals surface area (Å²) in [6.07, 6.45) is 0.802. The molecule has 0 fully saturated rings. The second-order valence-corrected chi connectivity index (χ2v) is 6.63. The Hall–Kier alpha value is -0.690. The van der Waals surface area contributed by atoms with E-state index in [0.717, 1.165) is 6.42 Å². The standard InChI is InChI=1S/C12H16BrF2NO2S/c1-2-8-16(9-7-13)10-5-3-4-6-11(10)19(17,18)12(14)15/h3-6,12H,2,7-9H2,1H3. The Balaban J connectivity index is 3.28. The molecule has 0 saturated carbocycles. The largest absolute Gasteiger partial charge is 0.370 e. The van der Waals surface area contributed by atoms with Crippen LogP contribution in [0.5, 0.6) is 0 Å². The van der Waals surface area contributed by atoms with Crippen molar-refractivity contribution in [1.29, 1.82) is 0 Å². The van der Waals surface area contributed by atoms with Crippen molar-refractivity contribution in [2.24, 2.45) is 0 Å². The molecule has 0 unspecified atom stereocenters. The van der Waals surface area contributed by atoms with E-state index >= 15 is 0 Å². The van der Waals surface area contributed by atoms with Gasteiger partial charge in [-0.05, 0) is 18.6 Å². The van der Waals surface area contributed by atoms with Crippen LogP contribution in [0, 0.1) is 0 Å². The van der Waals surface area contributed by atoms with Gasteiger partial charge in [0.05, 0.1) is 10.6 Å². The molecule has 19 heavy (non-hydrogen) atoms. The third-order valence-corrected chi connectivity index (χ3v) is 4.38. The predicted molar refractivity (Wildman–Crippen MR) is 75.9 cm³/mol. The van der Waals surface area contributed by atoms with Gasteiger partial charge in [-0.1, -0.05) is 35.0 Å². The van der Waals surface area contributed by atoms with E-state index in [1.165, 1.54) is 12.1 Å². The van der Waals surface area contributed by atoms with Crippen molar-refractivity contribution >= 4 is 31.5 Å². The fourth-order valence-electron chi connectivity index (χ4n) is 1.78. The Morgan fingerprint density at radius 3 is 2.42 bits per heavy atom. The second-order valence-electron chi connectivity index (χ2n) is 3.95. The highest BCUT2D eigenvalue weighted by atomic mass is 79.9. The predicted octanol–water partition coefficient (Wildman–Crippen LogP) is 3.29. The maximum atomic E-state index is 12.7. The van der Waals surface area contributed by atoms with Crippen LogP contribution in [0.2, 0.25) is 0 Å². The number of hydrogen-bond donors (Lipinski definition) is 0. The molecule has 0 radical (unpaired) electrons. The zero-order valence-corrected chi connectivity index (χ0v) is 12.9. The topological polar surface area (TPSA) is 37.4 Å². The quantitative estimate of drug-likeness (QED) is 0.704. The highest BCUT2D eigenvalue weighted by Gasteiger charge is 2.30. The van der Waals surface area contributed by atoms with E-state index in [-0.39, 0.29) is 4.90 Å². The summed E-state index contributed by atoms with van der Waals surface area (Å²) in [6.45, 7) is 3.12. The Kier molecular flexibility index (Phi) is 6.19. The number of para-hydroxylation sites is 1. The van der Waals surface area contributed by atoms with E-state index in [1.54, 1.807) is 17.0 Å². The summed E-state index contributed by atoms with van der Waals surface area (Å²) in [6, 6.07) is 5.90. The van der Waals surface area contributed by atoms with Gasteiger partial charge in [-0.3, -0.25) is 0 Å². The number of halogens is 3. The lowest BCUT2D eigenvalue weighted by molar-refractivity contribution is 0.235. The van der Waals surface area contributed by atoms with Gasteiger partial charge < -0.3 is 4.90 Å². The minimum Gasteiger partial charge on any atom is -0.370 e. The summed E-state index contributed by atoms with van der Waals surface area (Å²) in [4.78, 5) is 1.49. The zero-order valence-electron chi connectivity index (χ0n) is 10.5. The number of benzene rings is 1. The Morgan fingerprint density at radius 2 is 1.89 bits per heavy atom. The van der Waals surface area contributed by atoms with Gasteiger partial charge >= 0.3 is 5.76 Å². The van der Waals surface area contributed by atoms with Gasteiger partial charge in [0.15, 0.2) is 0 Å². The third kappa shape index (κ3) is 3.89. The second kappa shape index (κ2) is 7.19. The number of hydrogen-bond acceptors (Lipinski definition) is 3. The first-order valence-electron chi connectivity index (χ1n) is 5.87. The average molecular weight is 356 g/mol. The van der Waals surface area contributed by atoms with Crippen molar-refractivity contribution in [3.63, 3.8) is 0 Å². The molecule has 0 heterocycles. The van der Waals surface area contributed by atoms with Gasteiger partial charge in [-0.15, -0.1) is 0 Å². The molecule has 1 aromatic rings. The molecule has 108 valence electrons. The lowest BCUT2D eigenvalue weighted by Crippen LogP contribution is -2.28. The third-order valence-electron chi connectivity index (χ3n) is 2.59. The molecule has 1 aromatic carbocycles. The molecule has 1 rings (SSSR count). The van der Waals surface area contributed by atoms with E-state index in [0.29, 0.717) is 24.1 Å². The molecule has 0 aliphatic carbocycles. The molecule has 3 nitrogen and oxygen atoms in total. The Morgan fingerprint density at radius 1 is 1.26 bits per heavy atom. The number of anilines is 1. The summed E-state index contributed by atoms with van der Waals surface area (Å²) in [5.74, 6) is -3.40. The van der Waals surface area contributed by atoms with Gasteiger partial charge in [0, 0.05) is 18.4 Å². The number of rotatable bonds is 7. The van der Waals surface area contributed by atoms with E-state index in [4.69, 9.17) is 0 Å². The lowest BCUT2D eigenvalue weighted by Gasteiger charge is -2.25. The molecule has 0 N–H and O–H groups in total. The van der Waals surface area contributed by atoms with Crippen molar-refractivity contribution < 1.29 is 17.2 Å². The molecule has 0 bridgehead atoms. The molecule has 0 aromatic heterocycles. The lowest BCUT2D eigenvalue weighted by atomic mass is 10.2. The Labute approximate surface area is 120 Å². The average Bonchev–Trinajstić information content (AvgIpc) is 2.38. The monoisotopic (exact) mass is 355 g/mol. The van der Waals surface area contributed by atoms with Crippen LogP contribution in [0.25, 0.3) is 0 Å². The van der Waals surface area contributed by atoms with E-state index < -0.39 is 15.6 Å². The van der Waals surface area contributed by atoms with Crippen molar-refractivity contribution in [2.75, 3.05) is 23.3 Å². The fraction of sp³-hybridized carbons (Fsp3) is 0.500. The summed E-state index contributed by atoms with van der Waals surface area (Å²) in [5, 5.41) is 0.635. The highest BCUT2D eigenvalue weighted by Crippen LogP contribution is 2.29. The van der Waals surface area contributed by atoms with E-state index in [1.807, 2.05) is 6.92 Å². The highest BCUT2D eigenvalue weighted by molar-refractivity contribution is 9.09. The molecular formula is C12H16BrF2NO2S. The molecular weight excluding hydrogens is 340 g/mol. The van der Waals surface area contributed by atoms with Gasteiger partial charge in [-0.25, -0.2) is 8.42 Å². The van der Waals surface area contributed by atoms with Gasteiger partial charge in [-0.2, -0.15) is 8.78 Å². The van der Waals surface area contributed by atoms with Gasteiger partial charge in [0.1, 0.15) is 0 Å². The maximum absolute atomic E-state index is 12.7. The minimum absolute atomic E-state index is 0.306. The minimum atomic E-state index is -4.58. The Bertz CT molecular complexity index is 502. The zero-order chi connectivity index (χ0) is 14.5. The SMILES string of the molecule is CCCN(CCBr)c1ccccc1S(=O)(=O)C(F)F. The number of alkyl halides is 3. The summed E-state index contributed by atoms with van der Waals surface area (Å²) in [5.41, 5.74) is 0.337. The van der Waals surface area contributed by atoms with Crippen LogP contribution in [0.1, 0.15) is 13.3 Å². The summed E-state index contributed by atoms with van der Waals surface area (Å²) >= 11 is 3.28. The summed E-state index contributed by atoms with van der Waals surface area (Å²) < 4.78 is 48.7. The fourth-order valence-corrected chi connectivity index (χ4v) is 3.16. The first kappa shape index (κ1) is 16.4. The van der Waals surface area contributed by atoms with Crippen molar-refractivity contribution in [1.82, 2.24) is 0 Å². The molecule has 0 aliphatic rings. The first-order valence-corrected chi connectivity index (χ1v) is 8.54. The molecule has 0 amide bonds. The molecule has 0 spiro atoms. The van der Waals surface area contributed by atoms with Gasteiger partial charge in [0.25, 0.3) is 0 Å². The van der Waals surface area contributed by atoms with Crippen LogP contribution in [0.4, 0.5) is 14.5 Å². The molecule has 0 atom stereocenters. The smallest absolute Gasteiger partial charge is 0.341 e. The van der Waals surface area contributed by atoms with Crippen molar-refractivity contribution in [2.45, 2.75) is 24.0 Å². The normalized spacial score (nSPS) is 11.8. The summed E-state index contributed by atoms with van der Waals surface area (Å²) in [7, 11) is -4.58.